The van der Waals surface area contributed by atoms with Crippen LogP contribution in [0.4, 0.5) is 0 Å². The van der Waals surface area contributed by atoms with Gasteiger partial charge in [0.05, 0.1) is 6.10 Å². The van der Waals surface area contributed by atoms with E-state index in [0.29, 0.717) is 5.92 Å². The Hall–Kier alpha value is -0.560. The molecule has 0 saturated heterocycles. The number of rotatable bonds is 0. The van der Waals surface area contributed by atoms with Crippen molar-refractivity contribution in [2.75, 3.05) is 0 Å². The normalized spacial score (nSPS) is 48.7. The van der Waals surface area contributed by atoms with Crippen LogP contribution in [-0.2, 0) is 0 Å². The van der Waals surface area contributed by atoms with Gasteiger partial charge in [-0.15, -0.1) is 0 Å². The molecule has 1 nitrogen and oxygen atoms in total. The van der Waals surface area contributed by atoms with Gasteiger partial charge in [0.2, 0.25) is 0 Å². The van der Waals surface area contributed by atoms with Crippen molar-refractivity contribution in [3.63, 3.8) is 0 Å². The molecule has 19 heavy (non-hydrogen) atoms. The lowest BCUT2D eigenvalue weighted by Gasteiger charge is -2.46. The average Bonchev–Trinajstić information content (AvgIpc) is 2.75. The molecule has 2 fully saturated rings. The Kier molecular flexibility index (Phi) is 2.71. The molecule has 0 aliphatic heterocycles. The molecule has 1 N–H and O–H groups in total. The molecule has 4 rings (SSSR count). The second-order valence-electron chi connectivity index (χ2n) is 7.51. The van der Waals surface area contributed by atoms with Crippen LogP contribution in [0.1, 0.15) is 58.3 Å². The molecule has 0 bridgehead atoms. The summed E-state index contributed by atoms with van der Waals surface area (Å²) in [5.41, 5.74) is 3.57. The van der Waals surface area contributed by atoms with E-state index in [1.807, 2.05) is 5.57 Å². The summed E-state index contributed by atoms with van der Waals surface area (Å²) in [5.74, 6) is 2.37. The van der Waals surface area contributed by atoms with Crippen LogP contribution in [0.3, 0.4) is 0 Å². The Bertz CT molecular complexity index is 447. The molecule has 0 aromatic heterocycles. The molecule has 0 radical (unpaired) electrons. The molecule has 0 heterocycles. The minimum Gasteiger partial charge on any atom is -0.392 e. The minimum absolute atomic E-state index is 0.0657. The molecule has 1 heteroatoms. The first-order valence-electron chi connectivity index (χ1n) is 8.30. The van der Waals surface area contributed by atoms with E-state index in [1.165, 1.54) is 44.9 Å². The predicted molar refractivity (Wildman–Crippen MR) is 77.7 cm³/mol. The fourth-order valence-electron chi connectivity index (χ4n) is 5.55. The van der Waals surface area contributed by atoms with Crippen LogP contribution < -0.4 is 0 Å². The molecular formula is C18H26O. The first-order valence-corrected chi connectivity index (χ1v) is 8.30. The molecule has 2 saturated carbocycles. The summed E-state index contributed by atoms with van der Waals surface area (Å²) in [6.45, 7) is 2.29. The SMILES string of the molecule is C[C@]12C=CC3=C4CCCCC4CC[C@H]3[C@@H]1CC[C@@H]2O. The molecular weight excluding hydrogens is 232 g/mol. The third-order valence-corrected chi connectivity index (χ3v) is 6.71. The highest BCUT2D eigenvalue weighted by Gasteiger charge is 2.51. The number of hydrogen-bond acceptors (Lipinski definition) is 1. The molecule has 0 amide bonds. The first kappa shape index (κ1) is 12.2. The molecule has 0 aromatic rings. The first-order chi connectivity index (χ1) is 9.20. The summed E-state index contributed by atoms with van der Waals surface area (Å²) in [6.07, 6.45) is 15.3. The highest BCUT2D eigenvalue weighted by molar-refractivity contribution is 5.39. The lowest BCUT2D eigenvalue weighted by atomic mass is 9.59. The van der Waals surface area contributed by atoms with E-state index in [0.717, 1.165) is 18.3 Å². The van der Waals surface area contributed by atoms with Gasteiger partial charge in [-0.1, -0.05) is 31.1 Å². The number of fused-ring (bicyclic) bond motifs is 4. The van der Waals surface area contributed by atoms with Gasteiger partial charge >= 0.3 is 0 Å². The fourth-order valence-corrected chi connectivity index (χ4v) is 5.55. The van der Waals surface area contributed by atoms with E-state index in [1.54, 1.807) is 5.57 Å². The predicted octanol–water partition coefficient (Wildman–Crippen LogP) is 4.23. The second-order valence-corrected chi connectivity index (χ2v) is 7.51. The van der Waals surface area contributed by atoms with Gasteiger partial charge in [0, 0.05) is 5.41 Å². The Labute approximate surface area is 116 Å². The van der Waals surface area contributed by atoms with Gasteiger partial charge in [0.15, 0.2) is 0 Å². The molecule has 4 aliphatic carbocycles. The van der Waals surface area contributed by atoms with Crippen molar-refractivity contribution in [3.8, 4) is 0 Å². The fraction of sp³-hybridized carbons (Fsp3) is 0.778. The zero-order chi connectivity index (χ0) is 13.0. The maximum absolute atomic E-state index is 10.3. The monoisotopic (exact) mass is 258 g/mol. The molecule has 104 valence electrons. The zero-order valence-electron chi connectivity index (χ0n) is 12.1. The van der Waals surface area contributed by atoms with Crippen molar-refractivity contribution in [1.82, 2.24) is 0 Å². The van der Waals surface area contributed by atoms with Gasteiger partial charge in [-0.05, 0) is 68.3 Å². The smallest absolute Gasteiger partial charge is 0.0631 e. The summed E-state index contributed by atoms with van der Waals surface area (Å²) in [6, 6.07) is 0. The van der Waals surface area contributed by atoms with Gasteiger partial charge in [-0.2, -0.15) is 0 Å². The van der Waals surface area contributed by atoms with Crippen LogP contribution in [0.15, 0.2) is 23.3 Å². The maximum atomic E-state index is 10.3. The van der Waals surface area contributed by atoms with Crippen molar-refractivity contribution in [1.29, 1.82) is 0 Å². The van der Waals surface area contributed by atoms with E-state index >= 15 is 0 Å². The highest BCUT2D eigenvalue weighted by atomic mass is 16.3. The standard InChI is InChI=1S/C18H26O/c1-18-11-10-14-13-5-3-2-4-12(13)6-7-15(14)16(18)8-9-17(18)19/h10-12,15-17,19H,2-9H2,1H3/t12?,15-,16+,17+,18+/m1/s1. The summed E-state index contributed by atoms with van der Waals surface area (Å²) in [4.78, 5) is 0. The zero-order valence-corrected chi connectivity index (χ0v) is 12.1. The highest BCUT2D eigenvalue weighted by Crippen LogP contribution is 2.57. The second kappa shape index (κ2) is 4.22. The largest absolute Gasteiger partial charge is 0.392 e. The van der Waals surface area contributed by atoms with Crippen LogP contribution in [0.2, 0.25) is 0 Å². The van der Waals surface area contributed by atoms with E-state index < -0.39 is 0 Å². The van der Waals surface area contributed by atoms with Crippen molar-refractivity contribution < 1.29 is 5.11 Å². The van der Waals surface area contributed by atoms with Crippen molar-refractivity contribution >= 4 is 0 Å². The Balaban J connectivity index is 1.77. The minimum atomic E-state index is -0.107. The van der Waals surface area contributed by atoms with Crippen molar-refractivity contribution in [3.05, 3.63) is 23.3 Å². The number of allylic oxidation sites excluding steroid dienone is 3. The Morgan fingerprint density at radius 1 is 1.11 bits per heavy atom. The third-order valence-electron chi connectivity index (χ3n) is 6.71. The van der Waals surface area contributed by atoms with Crippen molar-refractivity contribution in [2.45, 2.75) is 64.4 Å². The quantitative estimate of drug-likeness (QED) is 0.689. The summed E-state index contributed by atoms with van der Waals surface area (Å²) in [5, 5.41) is 10.3. The Morgan fingerprint density at radius 3 is 2.89 bits per heavy atom. The number of aliphatic hydroxyl groups is 1. The van der Waals surface area contributed by atoms with Gasteiger partial charge in [-0.3, -0.25) is 0 Å². The van der Waals surface area contributed by atoms with Gasteiger partial charge < -0.3 is 5.11 Å². The molecule has 1 unspecified atom stereocenters. The van der Waals surface area contributed by atoms with E-state index in [4.69, 9.17) is 0 Å². The number of hydrogen-bond donors (Lipinski definition) is 1. The number of aliphatic hydroxyl groups excluding tert-OH is 1. The van der Waals surface area contributed by atoms with E-state index in [9.17, 15) is 5.11 Å². The van der Waals surface area contributed by atoms with Crippen LogP contribution in [-0.4, -0.2) is 11.2 Å². The lowest BCUT2D eigenvalue weighted by Crippen LogP contribution is -2.39. The topological polar surface area (TPSA) is 20.2 Å². The van der Waals surface area contributed by atoms with Gasteiger partial charge in [0.1, 0.15) is 0 Å². The van der Waals surface area contributed by atoms with Crippen LogP contribution in [0.5, 0.6) is 0 Å². The van der Waals surface area contributed by atoms with Crippen LogP contribution in [0.25, 0.3) is 0 Å². The summed E-state index contributed by atoms with van der Waals surface area (Å²) in [7, 11) is 0. The summed E-state index contributed by atoms with van der Waals surface area (Å²) >= 11 is 0. The van der Waals surface area contributed by atoms with Crippen LogP contribution in [0, 0.1) is 23.2 Å². The Morgan fingerprint density at radius 2 is 2.00 bits per heavy atom. The average molecular weight is 258 g/mol. The molecule has 4 aliphatic rings. The molecule has 0 aromatic carbocycles. The molecule has 0 spiro atoms. The van der Waals surface area contributed by atoms with Crippen LogP contribution >= 0.6 is 0 Å². The third kappa shape index (κ3) is 1.63. The molecule has 5 atom stereocenters. The van der Waals surface area contributed by atoms with E-state index in [2.05, 4.69) is 19.1 Å². The summed E-state index contributed by atoms with van der Waals surface area (Å²) < 4.78 is 0. The van der Waals surface area contributed by atoms with Gasteiger partial charge in [0.25, 0.3) is 0 Å². The lowest BCUT2D eigenvalue weighted by molar-refractivity contribution is 0.0561. The van der Waals surface area contributed by atoms with Crippen molar-refractivity contribution in [2.24, 2.45) is 23.2 Å². The van der Waals surface area contributed by atoms with E-state index in [-0.39, 0.29) is 11.5 Å². The maximum Gasteiger partial charge on any atom is 0.0631 e. The van der Waals surface area contributed by atoms with Gasteiger partial charge in [-0.25, -0.2) is 0 Å².